The highest BCUT2D eigenvalue weighted by Crippen LogP contribution is 2.29. The first-order chi connectivity index (χ1) is 13.0. The Bertz CT molecular complexity index is 799. The van der Waals surface area contributed by atoms with Crippen LogP contribution in [0.1, 0.15) is 43.5 Å². The van der Waals surface area contributed by atoms with Gasteiger partial charge in [-0.3, -0.25) is 9.59 Å². The number of rotatable bonds is 7. The molecule has 1 fully saturated rings. The van der Waals surface area contributed by atoms with Crippen LogP contribution < -0.4 is 15.0 Å². The van der Waals surface area contributed by atoms with Crippen LogP contribution in [0.2, 0.25) is 0 Å². The highest BCUT2D eigenvalue weighted by Gasteiger charge is 2.24. The zero-order valence-corrected chi connectivity index (χ0v) is 15.9. The van der Waals surface area contributed by atoms with Gasteiger partial charge in [0.2, 0.25) is 5.91 Å². The molecule has 2 aromatic rings. The lowest BCUT2D eigenvalue weighted by Gasteiger charge is -2.20. The molecule has 27 heavy (non-hydrogen) atoms. The van der Waals surface area contributed by atoms with E-state index in [0.717, 1.165) is 24.3 Å². The minimum absolute atomic E-state index is 0.0969. The van der Waals surface area contributed by atoms with Crippen molar-refractivity contribution in [1.29, 1.82) is 0 Å². The van der Waals surface area contributed by atoms with Gasteiger partial charge in [0.15, 0.2) is 0 Å². The van der Waals surface area contributed by atoms with Crippen LogP contribution in [0, 0.1) is 5.92 Å². The molecule has 1 aliphatic heterocycles. The Morgan fingerprint density at radius 2 is 1.89 bits per heavy atom. The van der Waals surface area contributed by atoms with E-state index in [0.29, 0.717) is 36.7 Å². The Morgan fingerprint density at radius 1 is 1.15 bits per heavy atom. The molecule has 0 bridgehead atoms. The highest BCUT2D eigenvalue weighted by molar-refractivity contribution is 6.08. The van der Waals surface area contributed by atoms with Crippen molar-refractivity contribution in [3.05, 3.63) is 54.1 Å². The maximum absolute atomic E-state index is 12.6. The molecule has 142 valence electrons. The molecule has 2 amide bonds. The normalized spacial score (nSPS) is 13.9. The van der Waals surface area contributed by atoms with Crippen LogP contribution >= 0.6 is 0 Å². The minimum atomic E-state index is -0.206. The smallest absolute Gasteiger partial charge is 0.255 e. The average Bonchev–Trinajstić information content (AvgIpc) is 3.08. The first-order valence-corrected chi connectivity index (χ1v) is 9.48. The van der Waals surface area contributed by atoms with Crippen LogP contribution in [0.4, 0.5) is 11.4 Å². The number of carbonyl (C=O) groups is 2. The number of para-hydroxylation sites is 2. The molecule has 0 radical (unpaired) electrons. The topological polar surface area (TPSA) is 58.6 Å². The van der Waals surface area contributed by atoms with Crippen molar-refractivity contribution in [3.8, 4) is 5.75 Å². The van der Waals surface area contributed by atoms with E-state index in [9.17, 15) is 9.59 Å². The third-order valence-corrected chi connectivity index (χ3v) is 4.60. The van der Waals surface area contributed by atoms with Gasteiger partial charge in [0, 0.05) is 18.5 Å². The summed E-state index contributed by atoms with van der Waals surface area (Å²) in [5.41, 5.74) is 1.95. The fraction of sp³-hybridized carbons (Fsp3) is 0.364. The van der Waals surface area contributed by atoms with Crippen molar-refractivity contribution in [2.45, 2.75) is 33.1 Å². The summed E-state index contributed by atoms with van der Waals surface area (Å²) in [6.45, 7) is 5.67. The second-order valence-electron chi connectivity index (χ2n) is 7.18. The fourth-order valence-electron chi connectivity index (χ4n) is 3.03. The Kier molecular flexibility index (Phi) is 6.12. The highest BCUT2D eigenvalue weighted by atomic mass is 16.5. The summed E-state index contributed by atoms with van der Waals surface area (Å²) in [4.78, 5) is 26.4. The van der Waals surface area contributed by atoms with Gasteiger partial charge >= 0.3 is 0 Å². The Balaban J connectivity index is 1.66. The summed E-state index contributed by atoms with van der Waals surface area (Å²) in [5.74, 6) is 1.25. The Morgan fingerprint density at radius 3 is 2.56 bits per heavy atom. The van der Waals surface area contributed by atoms with Crippen LogP contribution in [-0.4, -0.2) is 25.0 Å². The third kappa shape index (κ3) is 4.88. The summed E-state index contributed by atoms with van der Waals surface area (Å²) < 4.78 is 5.69. The van der Waals surface area contributed by atoms with E-state index >= 15 is 0 Å². The van der Waals surface area contributed by atoms with Gasteiger partial charge < -0.3 is 15.0 Å². The van der Waals surface area contributed by atoms with Gasteiger partial charge in [-0.2, -0.15) is 0 Å². The summed E-state index contributed by atoms with van der Waals surface area (Å²) >= 11 is 0. The van der Waals surface area contributed by atoms with E-state index in [1.165, 1.54) is 0 Å². The minimum Gasteiger partial charge on any atom is -0.494 e. The zero-order chi connectivity index (χ0) is 19.2. The van der Waals surface area contributed by atoms with Crippen LogP contribution in [0.25, 0.3) is 0 Å². The molecule has 5 heteroatoms. The largest absolute Gasteiger partial charge is 0.494 e. The van der Waals surface area contributed by atoms with Crippen molar-refractivity contribution in [3.63, 3.8) is 0 Å². The quantitative estimate of drug-likeness (QED) is 0.785. The van der Waals surface area contributed by atoms with E-state index in [-0.39, 0.29) is 11.8 Å². The molecule has 0 saturated carbocycles. The number of hydrogen-bond acceptors (Lipinski definition) is 3. The summed E-state index contributed by atoms with van der Waals surface area (Å²) in [6.07, 6.45) is 2.40. The van der Waals surface area contributed by atoms with Gasteiger partial charge in [0.25, 0.3) is 5.91 Å². The van der Waals surface area contributed by atoms with Crippen LogP contribution in [0.3, 0.4) is 0 Å². The monoisotopic (exact) mass is 366 g/mol. The molecule has 1 saturated heterocycles. The number of hydrogen-bond donors (Lipinski definition) is 1. The predicted molar refractivity (Wildman–Crippen MR) is 107 cm³/mol. The van der Waals surface area contributed by atoms with E-state index in [2.05, 4.69) is 19.2 Å². The van der Waals surface area contributed by atoms with Crippen molar-refractivity contribution < 1.29 is 14.3 Å². The van der Waals surface area contributed by atoms with Gasteiger partial charge in [-0.15, -0.1) is 0 Å². The van der Waals surface area contributed by atoms with E-state index in [1.54, 1.807) is 17.0 Å². The lowest BCUT2D eigenvalue weighted by molar-refractivity contribution is -0.117. The van der Waals surface area contributed by atoms with Gasteiger partial charge in [0.05, 0.1) is 18.0 Å². The van der Waals surface area contributed by atoms with Crippen molar-refractivity contribution >= 4 is 23.2 Å². The molecule has 0 unspecified atom stereocenters. The molecule has 1 N–H and O–H groups in total. The van der Waals surface area contributed by atoms with Crippen molar-refractivity contribution in [2.75, 3.05) is 23.4 Å². The number of ether oxygens (including phenoxy) is 1. The molecule has 0 spiro atoms. The molecule has 1 aliphatic rings. The maximum atomic E-state index is 12.6. The first-order valence-electron chi connectivity index (χ1n) is 9.48. The SMILES string of the molecule is CC(C)CCOc1ccc(C(=O)Nc2ccccc2N2CCCC2=O)cc1. The van der Waals surface area contributed by atoms with Gasteiger partial charge in [-0.25, -0.2) is 0 Å². The molecule has 3 rings (SSSR count). The standard InChI is InChI=1S/C22H26N2O3/c1-16(2)13-15-27-18-11-9-17(10-12-18)22(26)23-19-6-3-4-7-20(19)24-14-5-8-21(24)25/h3-4,6-7,9-12,16H,5,8,13-15H2,1-2H3,(H,23,26). The number of anilines is 2. The Labute approximate surface area is 160 Å². The van der Waals surface area contributed by atoms with Crippen LogP contribution in [0.5, 0.6) is 5.75 Å². The number of nitrogens with zero attached hydrogens (tertiary/aromatic N) is 1. The summed E-state index contributed by atoms with van der Waals surface area (Å²) in [5, 5.41) is 2.93. The fourth-order valence-corrected chi connectivity index (χ4v) is 3.03. The zero-order valence-electron chi connectivity index (χ0n) is 15.9. The van der Waals surface area contributed by atoms with Gasteiger partial charge in [-0.1, -0.05) is 26.0 Å². The van der Waals surface area contributed by atoms with Crippen LogP contribution in [0.15, 0.2) is 48.5 Å². The molecule has 0 aliphatic carbocycles. The lowest BCUT2D eigenvalue weighted by Crippen LogP contribution is -2.25. The lowest BCUT2D eigenvalue weighted by atomic mass is 10.1. The maximum Gasteiger partial charge on any atom is 0.255 e. The number of nitrogens with one attached hydrogen (secondary N) is 1. The summed E-state index contributed by atoms with van der Waals surface area (Å²) in [7, 11) is 0. The molecular weight excluding hydrogens is 340 g/mol. The van der Waals surface area contributed by atoms with E-state index < -0.39 is 0 Å². The van der Waals surface area contributed by atoms with Gasteiger partial charge in [0.1, 0.15) is 5.75 Å². The van der Waals surface area contributed by atoms with E-state index in [4.69, 9.17) is 4.74 Å². The first kappa shape index (κ1) is 19.0. The number of benzene rings is 2. The molecule has 1 heterocycles. The third-order valence-electron chi connectivity index (χ3n) is 4.60. The second-order valence-corrected chi connectivity index (χ2v) is 7.18. The predicted octanol–water partition coefficient (Wildman–Crippen LogP) is 4.49. The van der Waals surface area contributed by atoms with Crippen LogP contribution in [-0.2, 0) is 4.79 Å². The molecule has 5 nitrogen and oxygen atoms in total. The van der Waals surface area contributed by atoms with E-state index in [1.807, 2.05) is 36.4 Å². The number of carbonyl (C=O) groups excluding carboxylic acids is 2. The average molecular weight is 366 g/mol. The molecule has 0 aromatic heterocycles. The summed E-state index contributed by atoms with van der Waals surface area (Å²) in [6, 6.07) is 14.5. The second kappa shape index (κ2) is 8.71. The van der Waals surface area contributed by atoms with Crippen molar-refractivity contribution in [2.24, 2.45) is 5.92 Å². The Hall–Kier alpha value is -2.82. The molecular formula is C22H26N2O3. The van der Waals surface area contributed by atoms with Gasteiger partial charge in [-0.05, 0) is 55.2 Å². The molecule has 0 atom stereocenters. The van der Waals surface area contributed by atoms with Crippen molar-refractivity contribution in [1.82, 2.24) is 0 Å². The number of amides is 2. The molecule has 2 aromatic carbocycles.